The van der Waals surface area contributed by atoms with Crippen LogP contribution in [0.3, 0.4) is 0 Å². The van der Waals surface area contributed by atoms with Gasteiger partial charge in [0, 0.05) is 64.6 Å². The Kier molecular flexibility index (Phi) is 24.3. The number of anilines is 1. The number of likely N-dealkylation sites (tertiary alicyclic amines) is 3. The summed E-state index contributed by atoms with van der Waals surface area (Å²) < 4.78 is 0. The van der Waals surface area contributed by atoms with Crippen LogP contribution in [0.25, 0.3) is 0 Å². The summed E-state index contributed by atoms with van der Waals surface area (Å²) in [5, 5.41) is 0. The van der Waals surface area contributed by atoms with Gasteiger partial charge in [-0.2, -0.15) is 0 Å². The molecule has 4 atom stereocenters. The Bertz CT molecular complexity index is 1910. The molecule has 7 rings (SSSR count). The highest BCUT2D eigenvalue weighted by atomic mass is 15.2. The fraction of sp³-hybridized carbons (Fsp3) is 0.833. The van der Waals surface area contributed by atoms with Gasteiger partial charge in [0.1, 0.15) is 0 Å². The number of fused-ring (bicyclic) bond motifs is 2. The average molecular weight is 1070 g/mol. The van der Waals surface area contributed by atoms with Gasteiger partial charge in [-0.15, -0.1) is 0 Å². The first-order valence-electron chi connectivity index (χ1n) is 31.7. The van der Waals surface area contributed by atoms with E-state index in [-0.39, 0.29) is 11.1 Å². The summed E-state index contributed by atoms with van der Waals surface area (Å²) in [4.78, 5) is 13.3. The van der Waals surface area contributed by atoms with Crippen molar-refractivity contribution in [2.75, 3.05) is 37.6 Å². The zero-order valence-electron chi connectivity index (χ0n) is 57.1. The normalized spacial score (nSPS) is 23.4. The summed E-state index contributed by atoms with van der Waals surface area (Å²) in [6, 6.07) is 19.8. The Hall–Kier alpha value is -1.92. The number of nitrogens with zero attached hydrogens (tertiary/aromatic N) is 5. The lowest BCUT2D eigenvalue weighted by atomic mass is 9.75. The highest BCUT2D eigenvalue weighted by Gasteiger charge is 2.42. The highest BCUT2D eigenvalue weighted by Crippen LogP contribution is 2.43. The van der Waals surface area contributed by atoms with E-state index in [4.69, 9.17) is 0 Å². The predicted molar refractivity (Wildman–Crippen MR) is 345 cm³/mol. The van der Waals surface area contributed by atoms with E-state index < -0.39 is 0 Å². The molecule has 77 heavy (non-hydrogen) atoms. The molecule has 0 N–H and O–H groups in total. The Labute approximate surface area is 482 Å². The minimum atomic E-state index is 0.175. The van der Waals surface area contributed by atoms with Gasteiger partial charge in [0.15, 0.2) is 0 Å². The van der Waals surface area contributed by atoms with Gasteiger partial charge in [-0.05, 0) is 250 Å². The first-order valence-corrected chi connectivity index (χ1v) is 31.7. The number of para-hydroxylation sites is 1. The molecule has 2 aromatic rings. The number of piperidine rings is 3. The lowest BCUT2D eigenvalue weighted by molar-refractivity contribution is -0.00414. The molecule has 0 bridgehead atoms. The molecule has 0 radical (unpaired) electrons. The summed E-state index contributed by atoms with van der Waals surface area (Å²) in [5.74, 6) is 2.72. The topological polar surface area (TPSA) is 16.2 Å². The first-order chi connectivity index (χ1) is 34.8. The lowest BCUT2D eigenvalue weighted by Crippen LogP contribution is -2.55. The molecule has 3 saturated heterocycles. The molecule has 5 heteroatoms. The summed E-state index contributed by atoms with van der Waals surface area (Å²) in [6.07, 6.45) is 13.4. The van der Waals surface area contributed by atoms with E-state index in [2.05, 4.69) is 274 Å². The highest BCUT2D eigenvalue weighted by molar-refractivity contribution is 5.58. The van der Waals surface area contributed by atoms with Crippen molar-refractivity contribution < 1.29 is 0 Å². The van der Waals surface area contributed by atoms with E-state index >= 15 is 0 Å². The van der Waals surface area contributed by atoms with Gasteiger partial charge in [0.25, 0.3) is 0 Å². The molecule has 5 heterocycles. The molecule has 2 aromatic carbocycles. The summed E-state index contributed by atoms with van der Waals surface area (Å²) in [5.41, 5.74) is 9.00. The van der Waals surface area contributed by atoms with Crippen LogP contribution in [0.2, 0.25) is 0 Å². The molecule has 0 amide bonds. The molecule has 4 unspecified atom stereocenters. The second-order valence-corrected chi connectivity index (χ2v) is 34.5. The molecule has 5 aliphatic rings. The van der Waals surface area contributed by atoms with Crippen LogP contribution in [-0.2, 0) is 19.4 Å². The number of hydrogen-bond donors (Lipinski definition) is 0. The number of benzene rings is 2. The van der Waals surface area contributed by atoms with Gasteiger partial charge in [-0.3, -0.25) is 19.6 Å². The van der Waals surface area contributed by atoms with E-state index in [9.17, 15) is 0 Å². The third kappa shape index (κ3) is 21.4. The van der Waals surface area contributed by atoms with E-state index in [1.807, 2.05) is 0 Å². The second-order valence-electron chi connectivity index (χ2n) is 34.5. The van der Waals surface area contributed by atoms with Crippen LogP contribution in [0, 0.1) is 39.4 Å². The van der Waals surface area contributed by atoms with Crippen LogP contribution in [0.5, 0.6) is 0 Å². The van der Waals surface area contributed by atoms with Gasteiger partial charge in [0.05, 0.1) is 0 Å². The fourth-order valence-corrected chi connectivity index (χ4v) is 13.4. The molecule has 0 spiro atoms. The summed E-state index contributed by atoms with van der Waals surface area (Å²) >= 11 is 0. The SMILES string of the molecule is CC(C)(C)C1CCCCN1C(C)(C)C.CC(C)(C)C1CCCN(C(C)(C)C)C1.CC(C)(C)C1CCc2ccccc2N1C(C)(C)C.CC(C)(C)C1Cc2ccccc2CN1C(C)(C)C.CC(C)C1CCN(C(C)(C)C)CC1. The minimum absolute atomic E-state index is 0.175. The van der Waals surface area contributed by atoms with Crippen molar-refractivity contribution in [2.24, 2.45) is 39.4 Å². The summed E-state index contributed by atoms with van der Waals surface area (Å²) in [7, 11) is 0. The smallest absolute Gasteiger partial charge is 0.0405 e. The van der Waals surface area contributed by atoms with Crippen LogP contribution >= 0.6 is 0 Å². The fourth-order valence-electron chi connectivity index (χ4n) is 13.4. The van der Waals surface area contributed by atoms with Crippen molar-refractivity contribution in [3.63, 3.8) is 0 Å². The van der Waals surface area contributed by atoms with Crippen LogP contribution in [0.15, 0.2) is 48.5 Å². The van der Waals surface area contributed by atoms with Crippen LogP contribution in [0.4, 0.5) is 5.69 Å². The molecular formula is C72H133N5. The van der Waals surface area contributed by atoms with Gasteiger partial charge in [0.2, 0.25) is 0 Å². The van der Waals surface area contributed by atoms with Crippen molar-refractivity contribution >= 4 is 5.69 Å². The molecular weight excluding hydrogens is 935 g/mol. The monoisotopic (exact) mass is 1070 g/mol. The Morgan fingerprint density at radius 1 is 0.390 bits per heavy atom. The van der Waals surface area contributed by atoms with E-state index in [0.717, 1.165) is 30.3 Å². The van der Waals surface area contributed by atoms with Crippen molar-refractivity contribution in [1.82, 2.24) is 19.6 Å². The summed E-state index contributed by atoms with van der Waals surface area (Å²) in [6.45, 7) is 75.7. The number of rotatable bonds is 1. The van der Waals surface area contributed by atoms with E-state index in [1.54, 1.807) is 0 Å². The third-order valence-electron chi connectivity index (χ3n) is 18.5. The Balaban J connectivity index is 0.000000255. The van der Waals surface area contributed by atoms with Crippen molar-refractivity contribution in [3.05, 3.63) is 65.2 Å². The van der Waals surface area contributed by atoms with Crippen molar-refractivity contribution in [1.29, 1.82) is 0 Å². The van der Waals surface area contributed by atoms with Crippen LogP contribution in [0.1, 0.15) is 269 Å². The maximum atomic E-state index is 2.70. The molecule has 0 aliphatic carbocycles. The quantitative estimate of drug-likeness (QED) is 0.282. The maximum Gasteiger partial charge on any atom is 0.0405 e. The molecule has 446 valence electrons. The Morgan fingerprint density at radius 2 is 0.870 bits per heavy atom. The van der Waals surface area contributed by atoms with E-state index in [1.165, 1.54) is 119 Å². The van der Waals surface area contributed by atoms with Gasteiger partial charge in [-0.1, -0.05) is 146 Å². The second kappa shape index (κ2) is 27.0. The van der Waals surface area contributed by atoms with Crippen molar-refractivity contribution in [3.8, 4) is 0 Å². The van der Waals surface area contributed by atoms with Gasteiger partial charge >= 0.3 is 0 Å². The molecule has 5 nitrogen and oxygen atoms in total. The van der Waals surface area contributed by atoms with Gasteiger partial charge in [-0.25, -0.2) is 0 Å². The lowest BCUT2D eigenvalue weighted by Gasteiger charge is -2.52. The zero-order chi connectivity index (χ0) is 59.1. The average Bonchev–Trinajstić information content (AvgIpc) is 3.29. The van der Waals surface area contributed by atoms with Crippen LogP contribution in [-0.4, -0.2) is 98.1 Å². The Morgan fingerprint density at radius 3 is 1.30 bits per heavy atom. The first kappa shape index (κ1) is 69.3. The van der Waals surface area contributed by atoms with Crippen molar-refractivity contribution in [2.45, 2.75) is 317 Å². The maximum absolute atomic E-state index is 2.70. The minimum Gasteiger partial charge on any atom is -0.363 e. The molecule has 5 aliphatic heterocycles. The van der Waals surface area contributed by atoms with E-state index in [0.29, 0.717) is 50.4 Å². The van der Waals surface area contributed by atoms with Gasteiger partial charge < -0.3 is 4.90 Å². The predicted octanol–water partition coefficient (Wildman–Crippen LogP) is 19.3. The third-order valence-corrected chi connectivity index (χ3v) is 18.5. The molecule has 3 fully saturated rings. The largest absolute Gasteiger partial charge is 0.363 e. The number of aryl methyl sites for hydroxylation is 1. The zero-order valence-corrected chi connectivity index (χ0v) is 57.1. The van der Waals surface area contributed by atoms with Crippen LogP contribution < -0.4 is 4.90 Å². The molecule has 0 aromatic heterocycles. The standard InChI is InChI=1S/2C17H27N.2C13H27N.C12H25N/c1-16(2,3)15-11-13-9-7-8-10-14(13)12-18(15)17(4,5)6;1-16(2,3)15-12-11-13-9-7-8-10-14(13)18(15)17(4,5)6;1-12(2,3)11-8-7-9-14(10-11)13(4,5)6;1-12(2,3)11-9-7-8-10-14(11)13(4,5)6;1-10(2)11-6-8-13(9-7-11)12(3,4)5/h2*7-10,15H,11-12H2,1-6H3;2*11H,7-10H2,1-6H3;10-11H,6-9H2,1-5H3. The molecule has 0 saturated carbocycles. The number of hydrogen-bond acceptors (Lipinski definition) is 5.